The van der Waals surface area contributed by atoms with Gasteiger partial charge in [0.05, 0.1) is 19.2 Å². The van der Waals surface area contributed by atoms with Gasteiger partial charge in [-0.2, -0.15) is 0 Å². The van der Waals surface area contributed by atoms with E-state index in [0.717, 1.165) is 30.4 Å². The van der Waals surface area contributed by atoms with Crippen molar-refractivity contribution >= 4 is 11.9 Å². The number of hydrogen-bond acceptors (Lipinski definition) is 5. The Labute approximate surface area is 165 Å². The molecule has 2 heterocycles. The average Bonchev–Trinajstić information content (AvgIpc) is 3.32. The van der Waals surface area contributed by atoms with Crippen LogP contribution in [-0.2, 0) is 16.1 Å². The Morgan fingerprint density at radius 1 is 1.36 bits per heavy atom. The van der Waals surface area contributed by atoms with E-state index in [-0.39, 0.29) is 17.8 Å². The average molecular weight is 384 g/mol. The Morgan fingerprint density at radius 3 is 2.79 bits per heavy atom. The lowest BCUT2D eigenvalue weighted by Crippen LogP contribution is -2.40. The molecule has 1 N–H and O–H groups in total. The highest BCUT2D eigenvalue weighted by atomic mass is 16.5. The molecule has 0 spiro atoms. The molecule has 1 aliphatic heterocycles. The van der Waals surface area contributed by atoms with Gasteiger partial charge in [-0.15, -0.1) is 0 Å². The number of esters is 1. The second-order valence-corrected chi connectivity index (χ2v) is 7.17. The number of guanidine groups is 1. The normalized spacial score (nSPS) is 19.7. The van der Waals surface area contributed by atoms with E-state index < -0.39 is 0 Å². The third-order valence-electron chi connectivity index (χ3n) is 5.00. The Hall–Kier alpha value is -2.83. The van der Waals surface area contributed by atoms with Crippen molar-refractivity contribution in [1.82, 2.24) is 15.2 Å². The van der Waals surface area contributed by atoms with Gasteiger partial charge in [-0.3, -0.25) is 4.79 Å². The van der Waals surface area contributed by atoms with E-state index in [1.54, 1.807) is 6.20 Å². The van der Waals surface area contributed by atoms with Crippen LogP contribution < -0.4 is 5.32 Å². The Kier molecular flexibility index (Phi) is 6.34. The molecule has 1 fully saturated rings. The Balaban J connectivity index is 1.70. The summed E-state index contributed by atoms with van der Waals surface area (Å²) in [4.78, 5) is 23.1. The van der Waals surface area contributed by atoms with E-state index >= 15 is 0 Å². The highest BCUT2D eigenvalue weighted by Gasteiger charge is 2.36. The summed E-state index contributed by atoms with van der Waals surface area (Å²) in [5, 5.41) is 3.29. The molecular formula is C21H28N4O3. The van der Waals surface area contributed by atoms with E-state index in [9.17, 15) is 4.79 Å². The largest absolute Gasteiger partial charge is 0.469 e. The number of aliphatic imine (C=N–C) groups is 1. The van der Waals surface area contributed by atoms with E-state index in [2.05, 4.69) is 34.0 Å². The zero-order chi connectivity index (χ0) is 20.1. The monoisotopic (exact) mass is 384 g/mol. The molecule has 0 aliphatic carbocycles. The summed E-state index contributed by atoms with van der Waals surface area (Å²) in [6.07, 6.45) is 1.73. The first-order valence-corrected chi connectivity index (χ1v) is 9.64. The molecule has 1 saturated heterocycles. The van der Waals surface area contributed by atoms with Crippen LogP contribution in [0.1, 0.15) is 25.3 Å². The van der Waals surface area contributed by atoms with Crippen molar-refractivity contribution in [2.24, 2.45) is 16.8 Å². The van der Waals surface area contributed by atoms with E-state index in [0.29, 0.717) is 19.0 Å². The molecule has 7 nitrogen and oxygen atoms in total. The Morgan fingerprint density at radius 2 is 2.11 bits per heavy atom. The number of carbonyl (C=O) groups excluding carboxylic acids is 1. The maximum atomic E-state index is 12.0. The Bertz CT molecular complexity index is 828. The number of methoxy groups -OCH3 is 1. The fourth-order valence-corrected chi connectivity index (χ4v) is 3.40. The first-order valence-electron chi connectivity index (χ1n) is 9.64. The maximum absolute atomic E-state index is 12.0. The van der Waals surface area contributed by atoms with Gasteiger partial charge in [0, 0.05) is 25.2 Å². The molecule has 1 aliphatic rings. The topological polar surface area (TPSA) is 80.0 Å². The third kappa shape index (κ3) is 4.52. The SMILES string of the molecule is CCNC(=NCc1ncc(-c2ccc(C)cc2)o1)N1CC(C)C(C(=O)OC)C1. The number of hydrogen-bond donors (Lipinski definition) is 1. The number of aryl methyl sites for hydroxylation is 1. The summed E-state index contributed by atoms with van der Waals surface area (Å²) in [7, 11) is 1.44. The van der Waals surface area contributed by atoms with Crippen LogP contribution in [0.15, 0.2) is 39.9 Å². The van der Waals surface area contributed by atoms with Gasteiger partial charge in [-0.1, -0.05) is 36.8 Å². The summed E-state index contributed by atoms with van der Waals surface area (Å²) in [5.41, 5.74) is 2.20. The quantitative estimate of drug-likeness (QED) is 0.485. The molecule has 150 valence electrons. The number of nitrogens with one attached hydrogen (secondary N) is 1. The zero-order valence-electron chi connectivity index (χ0n) is 16.9. The third-order valence-corrected chi connectivity index (χ3v) is 5.00. The number of likely N-dealkylation sites (tertiary alicyclic amines) is 1. The van der Waals surface area contributed by atoms with Crippen LogP contribution in [0, 0.1) is 18.8 Å². The van der Waals surface area contributed by atoms with Crippen molar-refractivity contribution < 1.29 is 13.9 Å². The maximum Gasteiger partial charge on any atom is 0.310 e. The first-order chi connectivity index (χ1) is 13.5. The minimum Gasteiger partial charge on any atom is -0.469 e. The number of rotatable bonds is 5. The van der Waals surface area contributed by atoms with E-state index in [1.165, 1.54) is 12.7 Å². The summed E-state index contributed by atoms with van der Waals surface area (Å²) < 4.78 is 10.8. The molecule has 0 amide bonds. The standard InChI is InChI=1S/C21H28N4O3/c1-5-22-21(25-12-15(3)17(13-25)20(26)27-4)24-11-19-23-10-18(28-19)16-8-6-14(2)7-9-16/h6-10,15,17H,5,11-13H2,1-4H3,(H,22,24). The van der Waals surface area contributed by atoms with Crippen LogP contribution in [0.2, 0.25) is 0 Å². The fraction of sp³-hybridized carbons (Fsp3) is 0.476. The molecule has 1 aromatic carbocycles. The summed E-state index contributed by atoms with van der Waals surface area (Å²) in [5.74, 6) is 1.96. The van der Waals surface area contributed by atoms with Crippen molar-refractivity contribution in [2.45, 2.75) is 27.3 Å². The van der Waals surface area contributed by atoms with Gasteiger partial charge < -0.3 is 19.4 Å². The minimum absolute atomic E-state index is 0.135. The van der Waals surface area contributed by atoms with Gasteiger partial charge in [-0.25, -0.2) is 9.98 Å². The van der Waals surface area contributed by atoms with Crippen molar-refractivity contribution in [3.63, 3.8) is 0 Å². The molecule has 2 unspecified atom stereocenters. The summed E-state index contributed by atoms with van der Waals surface area (Å²) in [6.45, 7) is 8.57. The molecule has 0 saturated carbocycles. The molecule has 0 radical (unpaired) electrons. The molecule has 1 aromatic heterocycles. The number of oxazole rings is 1. The lowest BCUT2D eigenvalue weighted by atomic mass is 9.99. The lowest BCUT2D eigenvalue weighted by molar-refractivity contribution is -0.145. The van der Waals surface area contributed by atoms with Crippen LogP contribution in [0.3, 0.4) is 0 Å². The summed E-state index contributed by atoms with van der Waals surface area (Å²) >= 11 is 0. The van der Waals surface area contributed by atoms with Gasteiger partial charge in [-0.05, 0) is 19.8 Å². The van der Waals surface area contributed by atoms with E-state index in [1.807, 2.05) is 31.2 Å². The van der Waals surface area contributed by atoms with E-state index in [4.69, 9.17) is 9.15 Å². The van der Waals surface area contributed by atoms with Crippen LogP contribution >= 0.6 is 0 Å². The number of benzene rings is 1. The minimum atomic E-state index is -0.165. The number of aromatic nitrogens is 1. The van der Waals surface area contributed by atoms with Crippen molar-refractivity contribution in [1.29, 1.82) is 0 Å². The van der Waals surface area contributed by atoms with Gasteiger partial charge >= 0.3 is 5.97 Å². The molecule has 28 heavy (non-hydrogen) atoms. The zero-order valence-corrected chi connectivity index (χ0v) is 16.9. The van der Waals surface area contributed by atoms with Crippen molar-refractivity contribution in [3.05, 3.63) is 41.9 Å². The van der Waals surface area contributed by atoms with Crippen molar-refractivity contribution in [2.75, 3.05) is 26.7 Å². The molecule has 2 atom stereocenters. The molecule has 3 rings (SSSR count). The highest BCUT2D eigenvalue weighted by molar-refractivity contribution is 5.82. The van der Waals surface area contributed by atoms with Gasteiger partial charge in [0.1, 0.15) is 6.54 Å². The lowest BCUT2D eigenvalue weighted by Gasteiger charge is -2.21. The molecule has 2 aromatic rings. The first kappa shape index (κ1) is 19.9. The van der Waals surface area contributed by atoms with Gasteiger partial charge in [0.25, 0.3) is 0 Å². The van der Waals surface area contributed by atoms with Crippen LogP contribution in [0.5, 0.6) is 0 Å². The smallest absolute Gasteiger partial charge is 0.310 e. The number of ether oxygens (including phenoxy) is 1. The number of carbonyl (C=O) groups is 1. The molecule has 7 heteroatoms. The van der Waals surface area contributed by atoms with Gasteiger partial charge in [0.2, 0.25) is 5.89 Å². The van der Waals surface area contributed by atoms with Crippen LogP contribution in [-0.4, -0.2) is 48.6 Å². The predicted octanol–water partition coefficient (Wildman–Crippen LogP) is 2.86. The second kappa shape index (κ2) is 8.91. The second-order valence-electron chi connectivity index (χ2n) is 7.17. The van der Waals surface area contributed by atoms with Crippen LogP contribution in [0.4, 0.5) is 0 Å². The predicted molar refractivity (Wildman–Crippen MR) is 108 cm³/mol. The summed E-state index contributed by atoms with van der Waals surface area (Å²) in [6, 6.07) is 8.13. The van der Waals surface area contributed by atoms with Crippen LogP contribution in [0.25, 0.3) is 11.3 Å². The fourth-order valence-electron chi connectivity index (χ4n) is 3.40. The van der Waals surface area contributed by atoms with Crippen molar-refractivity contribution in [3.8, 4) is 11.3 Å². The molecule has 0 bridgehead atoms. The number of nitrogens with zero attached hydrogens (tertiary/aromatic N) is 3. The van der Waals surface area contributed by atoms with Gasteiger partial charge in [0.15, 0.2) is 11.7 Å². The highest BCUT2D eigenvalue weighted by Crippen LogP contribution is 2.25. The molecular weight excluding hydrogens is 356 g/mol.